The first-order valence-electron chi connectivity index (χ1n) is 11.3. The Bertz CT molecular complexity index is 1520. The highest BCUT2D eigenvalue weighted by atomic mass is 32.2. The number of halogens is 2. The summed E-state index contributed by atoms with van der Waals surface area (Å²) < 4.78 is 44.4. The van der Waals surface area contributed by atoms with Gasteiger partial charge in [-0.05, 0) is 31.0 Å². The Labute approximate surface area is 211 Å². The van der Waals surface area contributed by atoms with Crippen LogP contribution < -0.4 is 9.62 Å². The highest BCUT2D eigenvalue weighted by Crippen LogP contribution is 2.32. The number of rotatable bonds is 8. The van der Waals surface area contributed by atoms with E-state index in [2.05, 4.69) is 19.7 Å². The van der Waals surface area contributed by atoms with Gasteiger partial charge < -0.3 is 9.71 Å². The zero-order valence-electron chi connectivity index (χ0n) is 19.1. The highest BCUT2D eigenvalue weighted by Gasteiger charge is 2.26. The molecule has 4 aromatic rings. The van der Waals surface area contributed by atoms with E-state index < -0.39 is 34.0 Å². The number of carbonyl (C=O) groups excluding carboxylic acids is 2. The second-order valence-electron chi connectivity index (χ2n) is 8.25. The lowest BCUT2D eigenvalue weighted by Gasteiger charge is -2.10. The van der Waals surface area contributed by atoms with Crippen molar-refractivity contribution in [2.24, 2.45) is 0 Å². The van der Waals surface area contributed by atoms with Crippen LogP contribution in [0.25, 0.3) is 22.3 Å². The Morgan fingerprint density at radius 2 is 2.17 bits per heavy atom. The van der Waals surface area contributed by atoms with E-state index in [9.17, 15) is 18.2 Å². The molecule has 1 aliphatic heterocycles. The minimum absolute atomic E-state index is 0.0299. The number of pyridine rings is 1. The number of fused-ring (bicyclic) bond motifs is 1. The number of thiazole rings is 1. The van der Waals surface area contributed by atoms with Crippen molar-refractivity contribution < 1.29 is 22.6 Å². The van der Waals surface area contributed by atoms with Crippen molar-refractivity contribution in [2.75, 3.05) is 21.9 Å². The van der Waals surface area contributed by atoms with Gasteiger partial charge in [0.2, 0.25) is 11.7 Å². The first-order valence-corrected chi connectivity index (χ1v) is 13.5. The molecule has 0 radical (unpaired) electrons. The molecule has 12 heteroatoms. The number of hydrogen-bond donors (Lipinski definition) is 2. The smallest absolute Gasteiger partial charge is 0.228 e. The Kier molecular flexibility index (Phi) is 6.63. The Morgan fingerprint density at radius 1 is 1.33 bits per heavy atom. The molecule has 0 saturated carbocycles. The molecule has 1 amide bonds. The molecular formula is C24H21F2N5O3S2. The number of H-pyrrole nitrogens is 1. The van der Waals surface area contributed by atoms with Gasteiger partial charge in [0.1, 0.15) is 22.5 Å². The molecule has 36 heavy (non-hydrogen) atoms. The van der Waals surface area contributed by atoms with Gasteiger partial charge in [0.05, 0.1) is 16.9 Å². The molecule has 3 aromatic heterocycles. The molecule has 0 bridgehead atoms. The number of aromatic nitrogens is 3. The SMILES string of the molecule is CCCS(=O)Nc1ccc(F)c(C(=O)c2c[nH]c3ncc(-c4csc(N5CCCC5=O)n4)cc23)c1F. The molecule has 1 aliphatic rings. The van der Waals surface area contributed by atoms with Crippen LogP contribution in [0.4, 0.5) is 19.6 Å². The first-order chi connectivity index (χ1) is 17.4. The third-order valence-corrected chi connectivity index (χ3v) is 7.89. The van der Waals surface area contributed by atoms with E-state index >= 15 is 4.39 Å². The number of nitrogens with zero attached hydrogens (tertiary/aromatic N) is 3. The molecule has 1 unspecified atom stereocenters. The number of hydrogen-bond acceptors (Lipinski definition) is 6. The summed E-state index contributed by atoms with van der Waals surface area (Å²) in [5.74, 6) is -2.70. The lowest BCUT2D eigenvalue weighted by atomic mass is 10.0. The molecular weight excluding hydrogens is 508 g/mol. The summed E-state index contributed by atoms with van der Waals surface area (Å²) in [6, 6.07) is 3.76. The average molecular weight is 530 g/mol. The van der Waals surface area contributed by atoms with E-state index in [-0.39, 0.29) is 22.9 Å². The Hall–Kier alpha value is -3.51. The van der Waals surface area contributed by atoms with Gasteiger partial charge >= 0.3 is 0 Å². The zero-order chi connectivity index (χ0) is 25.4. The topological polar surface area (TPSA) is 108 Å². The molecule has 0 spiro atoms. The largest absolute Gasteiger partial charge is 0.345 e. The van der Waals surface area contributed by atoms with Crippen LogP contribution >= 0.6 is 11.3 Å². The normalized spacial score (nSPS) is 14.5. The molecule has 0 aliphatic carbocycles. The van der Waals surface area contributed by atoms with Crippen LogP contribution in [0.15, 0.2) is 36.0 Å². The molecule has 2 N–H and O–H groups in total. The lowest BCUT2D eigenvalue weighted by Crippen LogP contribution is -2.23. The predicted octanol–water partition coefficient (Wildman–Crippen LogP) is 4.81. The van der Waals surface area contributed by atoms with Crippen LogP contribution in [0.1, 0.15) is 42.1 Å². The maximum atomic E-state index is 15.2. The Balaban J connectivity index is 1.50. The number of ketones is 1. The van der Waals surface area contributed by atoms with Gasteiger partial charge in [0.15, 0.2) is 10.9 Å². The van der Waals surface area contributed by atoms with E-state index in [4.69, 9.17) is 0 Å². The van der Waals surface area contributed by atoms with E-state index in [1.165, 1.54) is 17.5 Å². The summed E-state index contributed by atoms with van der Waals surface area (Å²) in [6.07, 6.45) is 4.82. The third-order valence-electron chi connectivity index (χ3n) is 5.80. The van der Waals surface area contributed by atoms with E-state index in [1.807, 2.05) is 6.92 Å². The van der Waals surface area contributed by atoms with Gasteiger partial charge in [-0.2, -0.15) is 0 Å². The second-order valence-corrected chi connectivity index (χ2v) is 10.4. The van der Waals surface area contributed by atoms with E-state index in [0.29, 0.717) is 46.8 Å². The zero-order valence-corrected chi connectivity index (χ0v) is 20.8. The quantitative estimate of drug-likeness (QED) is 0.319. The summed E-state index contributed by atoms with van der Waals surface area (Å²) in [5.41, 5.74) is 0.614. The van der Waals surface area contributed by atoms with Gasteiger partial charge in [-0.15, -0.1) is 11.3 Å². The third kappa shape index (κ3) is 4.42. The van der Waals surface area contributed by atoms with Gasteiger partial charge in [0, 0.05) is 53.0 Å². The van der Waals surface area contributed by atoms with Crippen molar-refractivity contribution in [2.45, 2.75) is 26.2 Å². The number of carbonyl (C=O) groups is 2. The van der Waals surface area contributed by atoms with Crippen molar-refractivity contribution in [3.63, 3.8) is 0 Å². The summed E-state index contributed by atoms with van der Waals surface area (Å²) in [6.45, 7) is 2.45. The maximum absolute atomic E-state index is 15.2. The number of nitrogens with one attached hydrogen (secondary N) is 2. The van der Waals surface area contributed by atoms with Crippen molar-refractivity contribution >= 4 is 55.9 Å². The standard InChI is InChI=1S/C24H21F2N5O3S2/c1-2-8-36(34)30-17-6-5-16(25)20(21(17)26)22(33)15-11-28-23-14(15)9-13(10-27-23)18-12-35-24(29-18)31-7-3-4-19(31)32/h5-6,9-12,30H,2-4,7-8H2,1H3,(H,27,28). The lowest BCUT2D eigenvalue weighted by molar-refractivity contribution is -0.117. The van der Waals surface area contributed by atoms with Crippen LogP contribution in [0.5, 0.6) is 0 Å². The van der Waals surface area contributed by atoms with Crippen molar-refractivity contribution in [1.82, 2.24) is 15.0 Å². The molecule has 8 nitrogen and oxygen atoms in total. The van der Waals surface area contributed by atoms with Gasteiger partial charge in [-0.25, -0.2) is 23.0 Å². The van der Waals surface area contributed by atoms with Crippen LogP contribution in [0.3, 0.4) is 0 Å². The summed E-state index contributed by atoms with van der Waals surface area (Å²) in [5, 5.41) is 2.76. The minimum atomic E-state index is -1.56. The van der Waals surface area contributed by atoms with Crippen LogP contribution in [0.2, 0.25) is 0 Å². The minimum Gasteiger partial charge on any atom is -0.345 e. The van der Waals surface area contributed by atoms with Crippen LogP contribution in [-0.2, 0) is 15.8 Å². The molecule has 1 atom stereocenters. The number of benzene rings is 1. The summed E-state index contributed by atoms with van der Waals surface area (Å²) in [4.78, 5) is 38.7. The van der Waals surface area contributed by atoms with Gasteiger partial charge in [0.25, 0.3) is 0 Å². The van der Waals surface area contributed by atoms with Crippen molar-refractivity contribution in [1.29, 1.82) is 0 Å². The van der Waals surface area contributed by atoms with Crippen molar-refractivity contribution in [3.05, 3.63) is 58.7 Å². The molecule has 5 rings (SSSR count). The van der Waals surface area contributed by atoms with E-state index in [0.717, 1.165) is 18.6 Å². The number of aromatic amines is 1. The van der Waals surface area contributed by atoms with Crippen LogP contribution in [-0.4, -0.2) is 43.1 Å². The van der Waals surface area contributed by atoms with Crippen LogP contribution in [0, 0.1) is 11.6 Å². The molecule has 1 aromatic carbocycles. The molecule has 1 saturated heterocycles. The van der Waals surface area contributed by atoms with Gasteiger partial charge in [-0.3, -0.25) is 14.5 Å². The second kappa shape index (κ2) is 9.86. The van der Waals surface area contributed by atoms with Crippen molar-refractivity contribution in [3.8, 4) is 11.3 Å². The highest BCUT2D eigenvalue weighted by molar-refractivity contribution is 7.86. The molecule has 1 fully saturated rings. The monoisotopic (exact) mass is 529 g/mol. The summed E-state index contributed by atoms with van der Waals surface area (Å²) >= 11 is 1.33. The fraction of sp³-hybridized carbons (Fsp3) is 0.250. The maximum Gasteiger partial charge on any atom is 0.228 e. The van der Waals surface area contributed by atoms with E-state index in [1.54, 1.807) is 22.5 Å². The first kappa shape index (κ1) is 24.2. The Morgan fingerprint density at radius 3 is 2.92 bits per heavy atom. The number of amides is 1. The average Bonchev–Trinajstić information content (AvgIpc) is 3.60. The van der Waals surface area contributed by atoms with Gasteiger partial charge in [-0.1, -0.05) is 6.92 Å². The molecule has 4 heterocycles. The number of anilines is 2. The summed E-state index contributed by atoms with van der Waals surface area (Å²) in [7, 11) is -1.56. The fourth-order valence-corrected chi connectivity index (χ4v) is 5.79. The fourth-order valence-electron chi connectivity index (χ4n) is 4.04. The predicted molar refractivity (Wildman–Crippen MR) is 136 cm³/mol. The molecule has 186 valence electrons.